The highest BCUT2D eigenvalue weighted by atomic mass is 33.1. The van der Waals surface area contributed by atoms with Crippen LogP contribution in [0.2, 0.25) is 0 Å². The average molecular weight is 350 g/mol. The van der Waals surface area contributed by atoms with Crippen molar-refractivity contribution in [2.75, 3.05) is 18.1 Å². The molecule has 0 aliphatic heterocycles. The van der Waals surface area contributed by atoms with Crippen molar-refractivity contribution in [2.45, 2.75) is 13.3 Å². The summed E-state index contributed by atoms with van der Waals surface area (Å²) in [5.74, 6) is 0.434. The lowest BCUT2D eigenvalue weighted by Crippen LogP contribution is -2.25. The van der Waals surface area contributed by atoms with E-state index in [1.54, 1.807) is 23.1 Å². The van der Waals surface area contributed by atoms with Crippen molar-refractivity contribution in [3.05, 3.63) is 41.7 Å². The zero-order valence-corrected chi connectivity index (χ0v) is 14.4. The molecule has 5 nitrogen and oxygen atoms in total. The van der Waals surface area contributed by atoms with Gasteiger partial charge in [-0.05, 0) is 30.5 Å². The Kier molecular flexibility index (Phi) is 6.73. The van der Waals surface area contributed by atoms with Crippen molar-refractivity contribution < 1.29 is 14.7 Å². The van der Waals surface area contributed by atoms with E-state index in [2.05, 4.69) is 10.3 Å². The molecular weight excluding hydrogens is 332 g/mol. The van der Waals surface area contributed by atoms with Crippen molar-refractivity contribution in [1.82, 2.24) is 10.3 Å². The summed E-state index contributed by atoms with van der Waals surface area (Å²) in [6.07, 6.45) is 1.97. The predicted molar refractivity (Wildman–Crippen MR) is 96.0 cm³/mol. The summed E-state index contributed by atoms with van der Waals surface area (Å²) < 4.78 is 0. The Labute approximate surface area is 142 Å². The molecule has 2 rings (SSSR count). The van der Waals surface area contributed by atoms with Gasteiger partial charge in [0.05, 0.1) is 6.42 Å². The summed E-state index contributed by atoms with van der Waals surface area (Å²) >= 11 is 0. The standard InChI is InChI=1S/C16H18N2O3S2/c1-11-8-14-9-12(2-3-13(14)10-18-11)16(21)17-5-7-23-22-6-4-15(19)20/h2-3,8-10H,4-7H2,1H3,(H,17,21)(H,19,20). The van der Waals surface area contributed by atoms with Gasteiger partial charge in [0.1, 0.15) is 0 Å². The molecule has 0 aliphatic carbocycles. The Hall–Kier alpha value is -1.73. The van der Waals surface area contributed by atoms with Gasteiger partial charge in [0.2, 0.25) is 0 Å². The highest BCUT2D eigenvalue weighted by molar-refractivity contribution is 8.76. The average Bonchev–Trinajstić information content (AvgIpc) is 2.52. The number of rotatable bonds is 8. The maximum atomic E-state index is 12.1. The largest absolute Gasteiger partial charge is 0.481 e. The Balaban J connectivity index is 1.78. The zero-order chi connectivity index (χ0) is 16.7. The van der Waals surface area contributed by atoms with Crippen LogP contribution in [0.1, 0.15) is 22.5 Å². The first-order valence-electron chi connectivity index (χ1n) is 7.17. The highest BCUT2D eigenvalue weighted by Gasteiger charge is 2.06. The fourth-order valence-corrected chi connectivity index (χ4v) is 3.83. The number of hydrogen-bond donors (Lipinski definition) is 2. The lowest BCUT2D eigenvalue weighted by atomic mass is 10.1. The van der Waals surface area contributed by atoms with E-state index in [1.165, 1.54) is 10.8 Å². The van der Waals surface area contributed by atoms with Crippen LogP contribution in [0.15, 0.2) is 30.5 Å². The zero-order valence-electron chi connectivity index (χ0n) is 12.7. The van der Waals surface area contributed by atoms with Gasteiger partial charge in [-0.25, -0.2) is 0 Å². The monoisotopic (exact) mass is 350 g/mol. The summed E-state index contributed by atoms with van der Waals surface area (Å²) in [6.45, 7) is 2.47. The second-order valence-corrected chi connectivity index (χ2v) is 7.63. The molecule has 0 saturated carbocycles. The topological polar surface area (TPSA) is 79.3 Å². The molecule has 1 aromatic heterocycles. The van der Waals surface area contributed by atoms with E-state index in [9.17, 15) is 9.59 Å². The molecule has 0 unspecified atom stereocenters. The van der Waals surface area contributed by atoms with Gasteiger partial charge in [0.15, 0.2) is 0 Å². The number of pyridine rings is 1. The van der Waals surface area contributed by atoms with Gasteiger partial charge >= 0.3 is 5.97 Å². The summed E-state index contributed by atoms with van der Waals surface area (Å²) in [5, 5.41) is 13.4. The van der Waals surface area contributed by atoms with Crippen LogP contribution < -0.4 is 5.32 Å². The molecular formula is C16H18N2O3S2. The van der Waals surface area contributed by atoms with Gasteiger partial charge in [-0.15, -0.1) is 0 Å². The van der Waals surface area contributed by atoms with E-state index in [4.69, 9.17) is 5.11 Å². The van der Waals surface area contributed by atoms with Crippen molar-refractivity contribution in [3.8, 4) is 0 Å². The smallest absolute Gasteiger partial charge is 0.304 e. The molecule has 1 aromatic carbocycles. The van der Waals surface area contributed by atoms with E-state index in [1.807, 2.05) is 25.1 Å². The Morgan fingerprint density at radius 1 is 1.17 bits per heavy atom. The number of carbonyl (C=O) groups is 2. The molecule has 0 radical (unpaired) electrons. The van der Waals surface area contributed by atoms with Gasteiger partial charge in [0, 0.05) is 40.9 Å². The number of nitrogens with zero attached hydrogens (tertiary/aromatic N) is 1. The third-order valence-corrected chi connectivity index (χ3v) is 5.48. The minimum atomic E-state index is -0.784. The third kappa shape index (κ3) is 5.76. The molecule has 0 saturated heterocycles. The number of benzene rings is 1. The number of fused-ring (bicyclic) bond motifs is 1. The van der Waals surface area contributed by atoms with Crippen LogP contribution in [0, 0.1) is 6.92 Å². The van der Waals surface area contributed by atoms with Crippen molar-refractivity contribution in [2.24, 2.45) is 0 Å². The molecule has 0 spiro atoms. The number of aliphatic carboxylic acids is 1. The number of carbonyl (C=O) groups excluding carboxylic acids is 1. The molecule has 2 aromatic rings. The van der Waals surface area contributed by atoms with Gasteiger partial charge in [-0.3, -0.25) is 14.6 Å². The van der Waals surface area contributed by atoms with Crippen LogP contribution in [0.5, 0.6) is 0 Å². The van der Waals surface area contributed by atoms with E-state index < -0.39 is 5.97 Å². The van der Waals surface area contributed by atoms with Crippen molar-refractivity contribution >= 4 is 44.2 Å². The molecule has 0 fully saturated rings. The number of hydrogen-bond acceptors (Lipinski definition) is 5. The summed E-state index contributed by atoms with van der Waals surface area (Å²) in [5.41, 5.74) is 1.55. The van der Waals surface area contributed by atoms with E-state index >= 15 is 0 Å². The number of aromatic nitrogens is 1. The Morgan fingerprint density at radius 2 is 1.96 bits per heavy atom. The van der Waals surface area contributed by atoms with E-state index in [0.29, 0.717) is 17.9 Å². The summed E-state index contributed by atoms with van der Waals surface area (Å²) in [6, 6.07) is 7.52. The van der Waals surface area contributed by atoms with Crippen molar-refractivity contribution in [3.63, 3.8) is 0 Å². The third-order valence-electron chi connectivity index (χ3n) is 3.07. The molecule has 0 bridgehead atoms. The van der Waals surface area contributed by atoms with Gasteiger partial charge in [0.25, 0.3) is 5.91 Å². The van der Waals surface area contributed by atoms with Gasteiger partial charge < -0.3 is 10.4 Å². The maximum Gasteiger partial charge on any atom is 0.304 e. The molecule has 7 heteroatoms. The number of carboxylic acids is 1. The Bertz CT molecular complexity index is 707. The fraction of sp³-hybridized carbons (Fsp3) is 0.312. The second kappa shape index (κ2) is 8.79. The van der Waals surface area contributed by atoms with Crippen LogP contribution in [-0.2, 0) is 4.79 Å². The normalized spacial score (nSPS) is 10.7. The summed E-state index contributed by atoms with van der Waals surface area (Å²) in [4.78, 5) is 26.7. The van der Waals surface area contributed by atoms with Crippen LogP contribution in [0.25, 0.3) is 10.8 Å². The van der Waals surface area contributed by atoms with Gasteiger partial charge in [-0.2, -0.15) is 0 Å². The highest BCUT2D eigenvalue weighted by Crippen LogP contribution is 2.21. The number of amides is 1. The van der Waals surface area contributed by atoms with Crippen LogP contribution in [0.3, 0.4) is 0 Å². The minimum Gasteiger partial charge on any atom is -0.481 e. The van der Waals surface area contributed by atoms with Crippen LogP contribution in [0.4, 0.5) is 0 Å². The second-order valence-electron chi connectivity index (χ2n) is 4.93. The SMILES string of the molecule is Cc1cc2cc(C(=O)NCCSSCCC(=O)O)ccc2cn1. The minimum absolute atomic E-state index is 0.0995. The first kappa shape index (κ1) is 17.6. The van der Waals surface area contributed by atoms with E-state index in [0.717, 1.165) is 22.2 Å². The molecule has 0 atom stereocenters. The predicted octanol–water partition coefficient (Wildman–Crippen LogP) is 3.13. The van der Waals surface area contributed by atoms with Gasteiger partial charge in [-0.1, -0.05) is 27.7 Å². The Morgan fingerprint density at radius 3 is 2.74 bits per heavy atom. The lowest BCUT2D eigenvalue weighted by molar-refractivity contribution is -0.136. The van der Waals surface area contributed by atoms with Crippen LogP contribution in [-0.4, -0.2) is 40.0 Å². The molecule has 0 aliphatic rings. The van der Waals surface area contributed by atoms with E-state index in [-0.39, 0.29) is 12.3 Å². The van der Waals surface area contributed by atoms with Crippen LogP contribution >= 0.6 is 21.6 Å². The molecule has 23 heavy (non-hydrogen) atoms. The molecule has 1 amide bonds. The lowest BCUT2D eigenvalue weighted by Gasteiger charge is -2.06. The molecule has 2 N–H and O–H groups in total. The number of aryl methyl sites for hydroxylation is 1. The quantitative estimate of drug-likeness (QED) is 0.562. The summed E-state index contributed by atoms with van der Waals surface area (Å²) in [7, 11) is 3.08. The number of nitrogens with one attached hydrogen (secondary N) is 1. The number of carboxylic acid groups (broad SMARTS) is 1. The first-order chi connectivity index (χ1) is 11.1. The maximum absolute atomic E-state index is 12.1. The molecule has 1 heterocycles. The fourth-order valence-electron chi connectivity index (χ4n) is 1.95. The first-order valence-corrected chi connectivity index (χ1v) is 9.66. The molecule has 122 valence electrons. The van der Waals surface area contributed by atoms with Crippen molar-refractivity contribution in [1.29, 1.82) is 0 Å².